The maximum atomic E-state index is 5.44. The van der Waals surface area contributed by atoms with Gasteiger partial charge in [0.1, 0.15) is 0 Å². The number of nitrogens with zero attached hydrogens (tertiary/aromatic N) is 3. The second-order valence-electron chi connectivity index (χ2n) is 6.73. The van der Waals surface area contributed by atoms with Gasteiger partial charge in [0, 0.05) is 18.0 Å². The molecule has 1 aromatic rings. The Morgan fingerprint density at radius 1 is 1.40 bits per heavy atom. The van der Waals surface area contributed by atoms with Crippen molar-refractivity contribution in [2.24, 2.45) is 0 Å². The fraction of sp³-hybridized carbons (Fsp3) is 0.867. The van der Waals surface area contributed by atoms with Gasteiger partial charge in [0.15, 0.2) is 5.82 Å². The lowest BCUT2D eigenvalue weighted by atomic mass is 9.96. The van der Waals surface area contributed by atoms with Crippen molar-refractivity contribution in [1.82, 2.24) is 20.4 Å². The van der Waals surface area contributed by atoms with Gasteiger partial charge in [-0.3, -0.25) is 4.90 Å². The van der Waals surface area contributed by atoms with Gasteiger partial charge in [-0.15, -0.1) is 0 Å². The van der Waals surface area contributed by atoms with Crippen LogP contribution in [0.5, 0.6) is 0 Å². The number of nitrogens with one attached hydrogen (secondary N) is 1. The average molecular weight is 280 g/mol. The van der Waals surface area contributed by atoms with E-state index in [2.05, 4.69) is 48.1 Å². The van der Waals surface area contributed by atoms with Crippen molar-refractivity contribution in [1.29, 1.82) is 0 Å². The topological polar surface area (TPSA) is 54.2 Å². The second kappa shape index (κ2) is 6.68. The first-order valence-corrected chi connectivity index (χ1v) is 7.78. The lowest BCUT2D eigenvalue weighted by Gasteiger charge is -2.33. The monoisotopic (exact) mass is 280 g/mol. The molecule has 1 aliphatic rings. The molecular weight excluding hydrogens is 252 g/mol. The molecule has 1 aromatic heterocycles. The molecule has 1 fully saturated rings. The molecule has 5 heteroatoms. The Bertz CT molecular complexity index is 404. The Morgan fingerprint density at radius 2 is 2.20 bits per heavy atom. The van der Waals surface area contributed by atoms with Crippen LogP contribution in [0.1, 0.15) is 58.7 Å². The van der Waals surface area contributed by atoms with Gasteiger partial charge >= 0.3 is 0 Å². The molecule has 0 amide bonds. The van der Waals surface area contributed by atoms with Gasteiger partial charge in [0.2, 0.25) is 5.89 Å². The van der Waals surface area contributed by atoms with Crippen molar-refractivity contribution >= 4 is 0 Å². The van der Waals surface area contributed by atoms with E-state index in [4.69, 9.17) is 4.52 Å². The van der Waals surface area contributed by atoms with E-state index < -0.39 is 0 Å². The van der Waals surface area contributed by atoms with Crippen LogP contribution in [0.2, 0.25) is 0 Å². The summed E-state index contributed by atoms with van der Waals surface area (Å²) >= 11 is 0. The van der Waals surface area contributed by atoms with Gasteiger partial charge in [-0.05, 0) is 32.4 Å². The van der Waals surface area contributed by atoms with Crippen LogP contribution in [0.3, 0.4) is 0 Å². The van der Waals surface area contributed by atoms with E-state index in [0.717, 1.165) is 44.3 Å². The zero-order valence-electron chi connectivity index (χ0n) is 13.3. The van der Waals surface area contributed by atoms with Crippen LogP contribution in [0.4, 0.5) is 0 Å². The number of piperidine rings is 1. The summed E-state index contributed by atoms with van der Waals surface area (Å²) < 4.78 is 5.44. The molecule has 2 rings (SSSR count). The van der Waals surface area contributed by atoms with Crippen LogP contribution in [0.15, 0.2) is 4.52 Å². The summed E-state index contributed by atoms with van der Waals surface area (Å²) in [6, 6.07) is 0.591. The molecule has 5 nitrogen and oxygen atoms in total. The fourth-order valence-corrected chi connectivity index (χ4v) is 2.62. The van der Waals surface area contributed by atoms with E-state index in [-0.39, 0.29) is 5.41 Å². The molecule has 1 aliphatic heterocycles. The molecule has 0 bridgehead atoms. The minimum Gasteiger partial charge on any atom is -0.338 e. The van der Waals surface area contributed by atoms with Gasteiger partial charge in [-0.1, -0.05) is 32.9 Å². The largest absolute Gasteiger partial charge is 0.338 e. The van der Waals surface area contributed by atoms with Crippen molar-refractivity contribution in [3.8, 4) is 0 Å². The molecular formula is C15H28N4O. The van der Waals surface area contributed by atoms with Crippen molar-refractivity contribution in [3.05, 3.63) is 11.7 Å². The standard InChI is InChI=1S/C15H28N4O/c1-5-9-19(12-7-6-8-16-10-12)11-13-17-14(18-20-13)15(2,3)4/h12,16H,5-11H2,1-4H3. The highest BCUT2D eigenvalue weighted by molar-refractivity contribution is 5.00. The molecule has 0 spiro atoms. The van der Waals surface area contributed by atoms with E-state index in [1.165, 1.54) is 12.8 Å². The highest BCUT2D eigenvalue weighted by Gasteiger charge is 2.25. The molecule has 1 saturated heterocycles. The molecule has 1 atom stereocenters. The maximum Gasteiger partial charge on any atom is 0.240 e. The first-order chi connectivity index (χ1) is 9.50. The summed E-state index contributed by atoms with van der Waals surface area (Å²) in [7, 11) is 0. The lowest BCUT2D eigenvalue weighted by molar-refractivity contribution is 0.140. The van der Waals surface area contributed by atoms with E-state index in [1.54, 1.807) is 0 Å². The number of hydrogen-bond donors (Lipinski definition) is 1. The normalized spacial score (nSPS) is 20.6. The van der Waals surface area contributed by atoms with Gasteiger partial charge in [-0.2, -0.15) is 4.98 Å². The minimum absolute atomic E-state index is 0.0519. The number of rotatable bonds is 5. The Labute approximate surface area is 122 Å². The van der Waals surface area contributed by atoms with Crippen molar-refractivity contribution in [3.63, 3.8) is 0 Å². The van der Waals surface area contributed by atoms with Crippen molar-refractivity contribution < 1.29 is 4.52 Å². The van der Waals surface area contributed by atoms with Crippen LogP contribution in [0, 0.1) is 0 Å². The molecule has 0 radical (unpaired) electrons. The smallest absolute Gasteiger partial charge is 0.240 e. The Kier molecular flexibility index (Phi) is 5.16. The van der Waals surface area contributed by atoms with Crippen LogP contribution >= 0.6 is 0 Å². The predicted octanol–water partition coefficient (Wildman–Crippen LogP) is 2.33. The molecule has 2 heterocycles. The highest BCUT2D eigenvalue weighted by atomic mass is 16.5. The van der Waals surface area contributed by atoms with Gasteiger partial charge in [-0.25, -0.2) is 0 Å². The van der Waals surface area contributed by atoms with Crippen LogP contribution in [-0.4, -0.2) is 40.7 Å². The summed E-state index contributed by atoms with van der Waals surface area (Å²) in [6.07, 6.45) is 3.66. The van der Waals surface area contributed by atoms with Crippen LogP contribution in [0.25, 0.3) is 0 Å². The summed E-state index contributed by atoms with van der Waals surface area (Å²) in [5.74, 6) is 1.54. The van der Waals surface area contributed by atoms with E-state index in [9.17, 15) is 0 Å². The molecule has 1 N–H and O–H groups in total. The van der Waals surface area contributed by atoms with Gasteiger partial charge < -0.3 is 9.84 Å². The quantitative estimate of drug-likeness (QED) is 0.897. The molecule has 0 saturated carbocycles. The summed E-state index contributed by atoms with van der Waals surface area (Å²) in [5.41, 5.74) is -0.0519. The third kappa shape index (κ3) is 4.03. The summed E-state index contributed by atoms with van der Waals surface area (Å²) in [4.78, 5) is 7.04. The third-order valence-electron chi connectivity index (χ3n) is 3.78. The Balaban J connectivity index is 2.01. The average Bonchev–Trinajstić information content (AvgIpc) is 2.88. The second-order valence-corrected chi connectivity index (χ2v) is 6.73. The van der Waals surface area contributed by atoms with Crippen LogP contribution < -0.4 is 5.32 Å². The first-order valence-electron chi connectivity index (χ1n) is 7.78. The minimum atomic E-state index is -0.0519. The molecule has 0 aromatic carbocycles. The van der Waals surface area contributed by atoms with Crippen molar-refractivity contribution in [2.45, 2.75) is 65.0 Å². The first kappa shape index (κ1) is 15.4. The van der Waals surface area contributed by atoms with Crippen LogP contribution in [-0.2, 0) is 12.0 Å². The molecule has 114 valence electrons. The fourth-order valence-electron chi connectivity index (χ4n) is 2.62. The van der Waals surface area contributed by atoms with Gasteiger partial charge in [0.25, 0.3) is 0 Å². The number of aromatic nitrogens is 2. The lowest BCUT2D eigenvalue weighted by Crippen LogP contribution is -2.45. The predicted molar refractivity (Wildman–Crippen MR) is 79.6 cm³/mol. The van der Waals surface area contributed by atoms with Crippen molar-refractivity contribution in [2.75, 3.05) is 19.6 Å². The highest BCUT2D eigenvalue weighted by Crippen LogP contribution is 2.20. The Morgan fingerprint density at radius 3 is 2.75 bits per heavy atom. The van der Waals surface area contributed by atoms with E-state index >= 15 is 0 Å². The molecule has 1 unspecified atom stereocenters. The maximum absolute atomic E-state index is 5.44. The SMILES string of the molecule is CCCN(Cc1nc(C(C)(C)C)no1)C1CCCNC1. The zero-order valence-corrected chi connectivity index (χ0v) is 13.3. The van der Waals surface area contributed by atoms with E-state index in [0.29, 0.717) is 6.04 Å². The zero-order chi connectivity index (χ0) is 14.6. The summed E-state index contributed by atoms with van der Waals surface area (Å²) in [6.45, 7) is 12.6. The summed E-state index contributed by atoms with van der Waals surface area (Å²) in [5, 5.41) is 7.60. The number of hydrogen-bond acceptors (Lipinski definition) is 5. The third-order valence-corrected chi connectivity index (χ3v) is 3.78. The Hall–Kier alpha value is -0.940. The van der Waals surface area contributed by atoms with Gasteiger partial charge in [0.05, 0.1) is 6.54 Å². The molecule has 20 heavy (non-hydrogen) atoms. The van der Waals surface area contributed by atoms with E-state index in [1.807, 2.05) is 0 Å². The molecule has 0 aliphatic carbocycles.